The van der Waals surface area contributed by atoms with Crippen LogP contribution < -0.4 is 0 Å². The zero-order valence-corrected chi connectivity index (χ0v) is 11.9. The van der Waals surface area contributed by atoms with Crippen molar-refractivity contribution in [3.63, 3.8) is 0 Å². The first-order chi connectivity index (χ1) is 9.71. The van der Waals surface area contributed by atoms with Crippen molar-refractivity contribution in [1.82, 2.24) is 0 Å². The average Bonchev–Trinajstić information content (AvgIpc) is 2.48. The third-order valence-corrected chi connectivity index (χ3v) is 4.09. The number of aliphatic hydroxyl groups excluding tert-OH is 1. The molecule has 1 aromatic rings. The molecule has 0 bridgehead atoms. The topological polar surface area (TPSA) is 29.5 Å². The molecular formula is C17H23FO2. The third-order valence-electron chi connectivity index (χ3n) is 4.09. The Kier molecular flexibility index (Phi) is 5.32. The molecule has 0 amide bonds. The zero-order valence-electron chi connectivity index (χ0n) is 11.9. The summed E-state index contributed by atoms with van der Waals surface area (Å²) in [5.41, 5.74) is 0.147. The summed E-state index contributed by atoms with van der Waals surface area (Å²) in [5, 5.41) is 9.25. The van der Waals surface area contributed by atoms with Crippen LogP contribution in [0.5, 0.6) is 0 Å². The van der Waals surface area contributed by atoms with E-state index in [0.717, 1.165) is 25.7 Å². The van der Waals surface area contributed by atoms with Crippen LogP contribution in [-0.2, 0) is 4.74 Å². The van der Waals surface area contributed by atoms with Crippen LogP contribution in [0, 0.1) is 5.82 Å². The van der Waals surface area contributed by atoms with Crippen LogP contribution in [0.4, 0.5) is 4.39 Å². The lowest BCUT2D eigenvalue weighted by Gasteiger charge is -2.38. The first kappa shape index (κ1) is 15.2. The molecule has 1 atom stereocenters. The molecule has 110 valence electrons. The van der Waals surface area contributed by atoms with E-state index in [-0.39, 0.29) is 18.0 Å². The SMILES string of the molecule is C=CC1(O[C@H](CCO)c2ccccc2F)CCCCC1. The summed E-state index contributed by atoms with van der Waals surface area (Å²) in [6.45, 7) is 3.88. The Morgan fingerprint density at radius 3 is 2.60 bits per heavy atom. The van der Waals surface area contributed by atoms with E-state index in [1.807, 2.05) is 6.08 Å². The highest BCUT2D eigenvalue weighted by Crippen LogP contribution is 2.38. The molecule has 20 heavy (non-hydrogen) atoms. The van der Waals surface area contributed by atoms with Crippen LogP contribution >= 0.6 is 0 Å². The molecule has 1 aliphatic rings. The summed E-state index contributed by atoms with van der Waals surface area (Å²) in [6, 6.07) is 6.63. The predicted octanol–water partition coefficient (Wildman–Crippen LogP) is 4.15. The molecule has 0 radical (unpaired) electrons. The molecule has 3 heteroatoms. The van der Waals surface area contributed by atoms with Crippen LogP contribution in [0.25, 0.3) is 0 Å². The maximum atomic E-state index is 14.0. The lowest BCUT2D eigenvalue weighted by atomic mass is 9.84. The number of rotatable bonds is 6. The molecule has 1 aromatic carbocycles. The largest absolute Gasteiger partial charge is 0.396 e. The van der Waals surface area contributed by atoms with Gasteiger partial charge >= 0.3 is 0 Å². The standard InChI is InChI=1S/C17H23FO2/c1-2-17(11-6-3-7-12-17)20-16(10-13-19)14-8-4-5-9-15(14)18/h2,4-5,8-9,16,19H,1,3,6-7,10-13H2/t16-/m1/s1. The van der Waals surface area contributed by atoms with Gasteiger partial charge in [-0.1, -0.05) is 43.5 Å². The van der Waals surface area contributed by atoms with E-state index in [9.17, 15) is 9.50 Å². The van der Waals surface area contributed by atoms with Crippen molar-refractivity contribution < 1.29 is 14.2 Å². The minimum Gasteiger partial charge on any atom is -0.396 e. The average molecular weight is 278 g/mol. The fourth-order valence-corrected chi connectivity index (χ4v) is 2.94. The van der Waals surface area contributed by atoms with Crippen LogP contribution in [-0.4, -0.2) is 17.3 Å². The van der Waals surface area contributed by atoms with E-state index in [2.05, 4.69) is 6.58 Å². The van der Waals surface area contributed by atoms with Gasteiger partial charge in [-0.25, -0.2) is 4.39 Å². The second-order valence-corrected chi connectivity index (χ2v) is 5.47. The summed E-state index contributed by atoms with van der Waals surface area (Å²) in [6.07, 6.45) is 7.11. The highest BCUT2D eigenvalue weighted by Gasteiger charge is 2.33. The van der Waals surface area contributed by atoms with Crippen molar-refractivity contribution in [2.75, 3.05) is 6.61 Å². The van der Waals surface area contributed by atoms with Crippen molar-refractivity contribution in [2.24, 2.45) is 0 Å². The number of ether oxygens (including phenoxy) is 1. The van der Waals surface area contributed by atoms with Crippen molar-refractivity contribution in [1.29, 1.82) is 0 Å². The van der Waals surface area contributed by atoms with Gasteiger partial charge in [-0.15, -0.1) is 6.58 Å². The van der Waals surface area contributed by atoms with Gasteiger partial charge in [-0.05, 0) is 18.9 Å². The Morgan fingerprint density at radius 2 is 2.00 bits per heavy atom. The number of hydrogen-bond donors (Lipinski definition) is 1. The van der Waals surface area contributed by atoms with Gasteiger partial charge < -0.3 is 9.84 Å². The van der Waals surface area contributed by atoms with E-state index >= 15 is 0 Å². The molecule has 1 saturated carbocycles. The molecule has 0 unspecified atom stereocenters. The number of hydrogen-bond acceptors (Lipinski definition) is 2. The molecule has 0 aliphatic heterocycles. The Balaban J connectivity index is 2.20. The van der Waals surface area contributed by atoms with Gasteiger partial charge in [-0.2, -0.15) is 0 Å². The van der Waals surface area contributed by atoms with Crippen molar-refractivity contribution in [3.05, 3.63) is 48.3 Å². The Labute approximate surface area is 120 Å². The van der Waals surface area contributed by atoms with Gasteiger partial charge in [0.05, 0.1) is 11.7 Å². The van der Waals surface area contributed by atoms with E-state index in [1.165, 1.54) is 12.5 Å². The van der Waals surface area contributed by atoms with Crippen molar-refractivity contribution in [3.8, 4) is 0 Å². The smallest absolute Gasteiger partial charge is 0.129 e. The minimum absolute atomic E-state index is 0.0216. The second-order valence-electron chi connectivity index (χ2n) is 5.47. The molecule has 1 fully saturated rings. The lowest BCUT2D eigenvalue weighted by Crippen LogP contribution is -2.34. The Bertz CT molecular complexity index is 438. The fourth-order valence-electron chi connectivity index (χ4n) is 2.94. The fraction of sp³-hybridized carbons (Fsp3) is 0.529. The molecule has 2 rings (SSSR count). The summed E-state index contributed by atoms with van der Waals surface area (Å²) in [5.74, 6) is -0.277. The van der Waals surface area contributed by atoms with Crippen LogP contribution in [0.1, 0.15) is 50.2 Å². The summed E-state index contributed by atoms with van der Waals surface area (Å²) >= 11 is 0. The molecule has 0 saturated heterocycles. The Morgan fingerprint density at radius 1 is 1.30 bits per heavy atom. The summed E-state index contributed by atoms with van der Waals surface area (Å²) < 4.78 is 20.2. The van der Waals surface area contributed by atoms with Crippen LogP contribution in [0.15, 0.2) is 36.9 Å². The van der Waals surface area contributed by atoms with E-state index < -0.39 is 6.10 Å². The molecule has 2 nitrogen and oxygen atoms in total. The lowest BCUT2D eigenvalue weighted by molar-refractivity contribution is -0.0922. The van der Waals surface area contributed by atoms with E-state index in [0.29, 0.717) is 12.0 Å². The van der Waals surface area contributed by atoms with E-state index in [1.54, 1.807) is 18.2 Å². The van der Waals surface area contributed by atoms with Gasteiger partial charge in [-0.3, -0.25) is 0 Å². The molecule has 0 aromatic heterocycles. The molecule has 0 heterocycles. The quantitative estimate of drug-likeness (QED) is 0.792. The van der Waals surface area contributed by atoms with Crippen molar-refractivity contribution >= 4 is 0 Å². The van der Waals surface area contributed by atoms with Gasteiger partial charge in [0, 0.05) is 18.6 Å². The predicted molar refractivity (Wildman–Crippen MR) is 77.9 cm³/mol. The number of aliphatic hydroxyl groups is 1. The van der Waals surface area contributed by atoms with Crippen LogP contribution in [0.2, 0.25) is 0 Å². The normalized spacial score (nSPS) is 19.5. The van der Waals surface area contributed by atoms with E-state index in [4.69, 9.17) is 4.74 Å². The number of benzene rings is 1. The summed E-state index contributed by atoms with van der Waals surface area (Å²) in [7, 11) is 0. The minimum atomic E-state index is -0.419. The van der Waals surface area contributed by atoms with Gasteiger partial charge in [0.15, 0.2) is 0 Å². The summed E-state index contributed by atoms with van der Waals surface area (Å²) in [4.78, 5) is 0. The molecule has 0 spiro atoms. The van der Waals surface area contributed by atoms with Crippen molar-refractivity contribution in [2.45, 2.75) is 50.2 Å². The monoisotopic (exact) mass is 278 g/mol. The Hall–Kier alpha value is -1.19. The molecule has 1 aliphatic carbocycles. The first-order valence-corrected chi connectivity index (χ1v) is 7.37. The third kappa shape index (κ3) is 3.47. The van der Waals surface area contributed by atoms with Gasteiger partial charge in [0.2, 0.25) is 0 Å². The number of halogens is 1. The molecule has 1 N–H and O–H groups in total. The second kappa shape index (κ2) is 7.00. The van der Waals surface area contributed by atoms with Crippen LogP contribution in [0.3, 0.4) is 0 Å². The molecular weight excluding hydrogens is 255 g/mol. The first-order valence-electron chi connectivity index (χ1n) is 7.37. The maximum Gasteiger partial charge on any atom is 0.129 e. The van der Waals surface area contributed by atoms with Gasteiger partial charge in [0.1, 0.15) is 5.82 Å². The van der Waals surface area contributed by atoms with Gasteiger partial charge in [0.25, 0.3) is 0 Å². The zero-order chi connectivity index (χ0) is 14.4. The highest BCUT2D eigenvalue weighted by atomic mass is 19.1. The highest BCUT2D eigenvalue weighted by molar-refractivity contribution is 5.20. The maximum absolute atomic E-state index is 14.0.